The van der Waals surface area contributed by atoms with E-state index in [1.54, 1.807) is 37.5 Å². The molecular weight excluding hydrogens is 347 g/mol. The van der Waals surface area contributed by atoms with Gasteiger partial charge in [-0.15, -0.1) is 0 Å². The van der Waals surface area contributed by atoms with Crippen LogP contribution in [0.4, 0.5) is 4.39 Å². The second-order valence-corrected chi connectivity index (χ2v) is 5.61. The Morgan fingerprint density at radius 1 is 1.36 bits per heavy atom. The van der Waals surface area contributed by atoms with E-state index in [1.807, 2.05) is 0 Å². The molecule has 0 saturated carbocycles. The number of ketones is 1. The van der Waals surface area contributed by atoms with Gasteiger partial charge in [-0.2, -0.15) is 5.10 Å². The number of hydrogen-bond donors (Lipinski definition) is 0. The average Bonchev–Trinajstić information content (AvgIpc) is 3.21. The molecule has 0 aliphatic rings. The number of aromatic nitrogens is 2. The summed E-state index contributed by atoms with van der Waals surface area (Å²) in [6.07, 6.45) is 4.55. The Kier molecular flexibility index (Phi) is 5.00. The fraction of sp³-hybridized carbons (Fsp3) is 0.111. The Morgan fingerprint density at radius 3 is 2.92 bits per heavy atom. The summed E-state index contributed by atoms with van der Waals surface area (Å²) < 4.78 is 25.6. The first-order valence-corrected chi connectivity index (χ1v) is 7.78. The summed E-state index contributed by atoms with van der Waals surface area (Å²) in [7, 11) is 1.70. The summed E-state index contributed by atoms with van der Waals surface area (Å²) >= 11 is 5.90. The van der Waals surface area contributed by atoms with Crippen molar-refractivity contribution >= 4 is 23.5 Å². The zero-order valence-corrected chi connectivity index (χ0v) is 14.0. The molecule has 25 heavy (non-hydrogen) atoms. The number of rotatable bonds is 6. The second kappa shape index (κ2) is 7.36. The molecule has 0 radical (unpaired) electrons. The van der Waals surface area contributed by atoms with Crippen molar-refractivity contribution < 1.29 is 18.3 Å². The molecular formula is C18H14ClFN2O3. The molecule has 2 aromatic heterocycles. The van der Waals surface area contributed by atoms with Crippen LogP contribution in [0.5, 0.6) is 5.75 Å². The lowest BCUT2D eigenvalue weighted by Crippen LogP contribution is -2.03. The van der Waals surface area contributed by atoms with Gasteiger partial charge in [0.05, 0.1) is 5.02 Å². The first-order valence-electron chi connectivity index (χ1n) is 7.40. The minimum absolute atomic E-state index is 0.134. The number of benzene rings is 1. The second-order valence-electron chi connectivity index (χ2n) is 5.21. The molecule has 0 bridgehead atoms. The zero-order chi connectivity index (χ0) is 17.8. The minimum atomic E-state index is -0.430. The molecule has 5 nitrogen and oxygen atoms in total. The Bertz CT molecular complexity index is 930. The molecule has 7 heteroatoms. The normalized spacial score (nSPS) is 11.2. The first kappa shape index (κ1) is 17.0. The van der Waals surface area contributed by atoms with E-state index >= 15 is 0 Å². The van der Waals surface area contributed by atoms with Gasteiger partial charge in [-0.3, -0.25) is 9.48 Å². The molecule has 0 aliphatic carbocycles. The summed E-state index contributed by atoms with van der Waals surface area (Å²) in [6, 6.07) is 8.98. The van der Waals surface area contributed by atoms with Gasteiger partial charge in [-0.05, 0) is 48.6 Å². The Morgan fingerprint density at radius 2 is 2.20 bits per heavy atom. The summed E-state index contributed by atoms with van der Waals surface area (Å²) in [6.45, 7) is 0.134. The lowest BCUT2D eigenvalue weighted by atomic mass is 10.2. The molecule has 0 aliphatic heterocycles. The minimum Gasteiger partial charge on any atom is -0.484 e. The van der Waals surface area contributed by atoms with E-state index in [1.165, 1.54) is 29.0 Å². The quantitative estimate of drug-likeness (QED) is 0.486. The van der Waals surface area contributed by atoms with Gasteiger partial charge in [0, 0.05) is 13.2 Å². The molecule has 2 heterocycles. The summed E-state index contributed by atoms with van der Waals surface area (Å²) in [5.74, 6) is 0.823. The van der Waals surface area contributed by atoms with Crippen molar-refractivity contribution in [3.63, 3.8) is 0 Å². The van der Waals surface area contributed by atoms with Gasteiger partial charge >= 0.3 is 0 Å². The number of carbonyl (C=O) groups is 1. The summed E-state index contributed by atoms with van der Waals surface area (Å²) in [5, 5.41) is 4.14. The van der Waals surface area contributed by atoms with Gasteiger partial charge < -0.3 is 9.15 Å². The van der Waals surface area contributed by atoms with Gasteiger partial charge in [-0.25, -0.2) is 4.39 Å². The smallest absolute Gasteiger partial charge is 0.203 e. The van der Waals surface area contributed by atoms with Gasteiger partial charge in [0.2, 0.25) is 5.78 Å². The lowest BCUT2D eigenvalue weighted by molar-refractivity contribution is 0.103. The molecule has 128 valence electrons. The average molecular weight is 361 g/mol. The highest BCUT2D eigenvalue weighted by atomic mass is 35.5. The highest BCUT2D eigenvalue weighted by Gasteiger charge is 2.08. The largest absolute Gasteiger partial charge is 0.484 e. The van der Waals surface area contributed by atoms with E-state index in [4.69, 9.17) is 20.8 Å². The Labute approximate surface area is 148 Å². The van der Waals surface area contributed by atoms with Crippen LogP contribution in [0.25, 0.3) is 6.08 Å². The number of hydrogen-bond acceptors (Lipinski definition) is 4. The van der Waals surface area contributed by atoms with Crippen molar-refractivity contribution in [2.24, 2.45) is 7.05 Å². The van der Waals surface area contributed by atoms with E-state index in [0.29, 0.717) is 23.0 Å². The van der Waals surface area contributed by atoms with Crippen LogP contribution in [0.3, 0.4) is 0 Å². The van der Waals surface area contributed by atoms with Crippen molar-refractivity contribution in [1.29, 1.82) is 0 Å². The zero-order valence-electron chi connectivity index (χ0n) is 13.3. The topological polar surface area (TPSA) is 57.3 Å². The molecule has 0 spiro atoms. The molecule has 0 amide bonds. The Hall–Kier alpha value is -2.86. The van der Waals surface area contributed by atoms with E-state index in [9.17, 15) is 9.18 Å². The first-order chi connectivity index (χ1) is 12.0. The maximum atomic E-state index is 13.0. The number of allylic oxidation sites excluding steroid dienone is 1. The van der Waals surface area contributed by atoms with Gasteiger partial charge in [0.1, 0.15) is 35.4 Å². The molecule has 3 rings (SSSR count). The van der Waals surface area contributed by atoms with Crippen LogP contribution in [-0.2, 0) is 13.7 Å². The maximum Gasteiger partial charge on any atom is 0.203 e. The van der Waals surface area contributed by atoms with Crippen LogP contribution in [0.15, 0.2) is 53.1 Å². The molecule has 0 unspecified atom stereocenters. The fourth-order valence-corrected chi connectivity index (χ4v) is 2.38. The van der Waals surface area contributed by atoms with Gasteiger partial charge in [0.25, 0.3) is 0 Å². The number of aryl methyl sites for hydroxylation is 1. The third-order valence-corrected chi connectivity index (χ3v) is 3.71. The SMILES string of the molecule is Cn1nccc1C(=O)/C=C\c1ccc(COc2ccc(F)cc2Cl)o1. The van der Waals surface area contributed by atoms with Crippen molar-refractivity contribution in [2.45, 2.75) is 6.61 Å². The summed E-state index contributed by atoms with van der Waals surface area (Å²) in [5.41, 5.74) is 0.484. The molecule has 0 fully saturated rings. The number of carbonyl (C=O) groups excluding carboxylic acids is 1. The maximum absolute atomic E-state index is 13.0. The predicted molar refractivity (Wildman–Crippen MR) is 91.0 cm³/mol. The molecule has 3 aromatic rings. The van der Waals surface area contributed by atoms with Crippen LogP contribution in [-0.4, -0.2) is 15.6 Å². The van der Waals surface area contributed by atoms with Crippen molar-refractivity contribution in [2.75, 3.05) is 0 Å². The molecule has 1 aromatic carbocycles. The highest BCUT2D eigenvalue weighted by molar-refractivity contribution is 6.32. The lowest BCUT2D eigenvalue weighted by Gasteiger charge is -2.05. The summed E-state index contributed by atoms with van der Waals surface area (Å²) in [4.78, 5) is 12.0. The monoisotopic (exact) mass is 360 g/mol. The van der Waals surface area contributed by atoms with Crippen molar-refractivity contribution in [3.05, 3.63) is 76.7 Å². The number of nitrogens with zero attached hydrogens (tertiary/aromatic N) is 2. The van der Waals surface area contributed by atoms with E-state index in [2.05, 4.69) is 5.10 Å². The molecule has 0 saturated heterocycles. The highest BCUT2D eigenvalue weighted by Crippen LogP contribution is 2.26. The van der Waals surface area contributed by atoms with Crippen LogP contribution >= 0.6 is 11.6 Å². The number of halogens is 2. The van der Waals surface area contributed by atoms with Gasteiger partial charge in [0.15, 0.2) is 0 Å². The van der Waals surface area contributed by atoms with E-state index in [0.717, 1.165) is 0 Å². The fourth-order valence-electron chi connectivity index (χ4n) is 2.16. The van der Waals surface area contributed by atoms with Gasteiger partial charge in [-0.1, -0.05) is 11.6 Å². The van der Waals surface area contributed by atoms with E-state index in [-0.39, 0.29) is 17.4 Å². The Balaban J connectivity index is 1.61. The predicted octanol–water partition coefficient (Wildman–Crippen LogP) is 4.28. The van der Waals surface area contributed by atoms with Crippen LogP contribution < -0.4 is 4.74 Å². The molecule has 0 atom stereocenters. The third-order valence-electron chi connectivity index (χ3n) is 3.42. The number of ether oxygens (including phenoxy) is 1. The van der Waals surface area contributed by atoms with Crippen LogP contribution in [0.2, 0.25) is 5.02 Å². The van der Waals surface area contributed by atoms with Crippen molar-refractivity contribution in [1.82, 2.24) is 9.78 Å². The third kappa shape index (κ3) is 4.16. The molecule has 0 N–H and O–H groups in total. The van der Waals surface area contributed by atoms with E-state index < -0.39 is 5.82 Å². The van der Waals surface area contributed by atoms with Crippen molar-refractivity contribution in [3.8, 4) is 5.75 Å². The van der Waals surface area contributed by atoms with Crippen LogP contribution in [0.1, 0.15) is 22.0 Å². The number of furan rings is 1. The van der Waals surface area contributed by atoms with Crippen LogP contribution in [0, 0.1) is 5.82 Å². The standard InChI is InChI=1S/C18H14ClFN2O3/c1-22-16(8-9-21-22)17(23)6-5-13-3-4-14(25-13)11-24-18-7-2-12(20)10-15(18)19/h2-10H,11H2,1H3/b6-5-.